The number of hydrogen-bond donors (Lipinski definition) is 1. The molecule has 1 heterocycles. The third kappa shape index (κ3) is 3.52. The summed E-state index contributed by atoms with van der Waals surface area (Å²) in [7, 11) is 0. The number of carbonyl (C=O) groups is 1. The summed E-state index contributed by atoms with van der Waals surface area (Å²) >= 11 is 13.6. The van der Waals surface area contributed by atoms with Crippen molar-refractivity contribution in [1.82, 2.24) is 0 Å². The van der Waals surface area contributed by atoms with Crippen LogP contribution in [-0.2, 0) is 0 Å². The van der Waals surface area contributed by atoms with Crippen LogP contribution in [0.2, 0.25) is 0 Å². The maximum Gasteiger partial charge on any atom is 0.231 e. The molecule has 0 saturated heterocycles. The van der Waals surface area contributed by atoms with Crippen LogP contribution in [0.1, 0.15) is 20.7 Å². The number of ether oxygens (including phenoxy) is 2. The third-order valence-electron chi connectivity index (χ3n) is 3.52. The molecule has 24 heavy (non-hydrogen) atoms. The molecule has 0 radical (unpaired) electrons. The van der Waals surface area contributed by atoms with Crippen LogP contribution in [0, 0.1) is 0 Å². The van der Waals surface area contributed by atoms with E-state index in [0.29, 0.717) is 20.4 Å². The molecular formula is C16H10Br4O4. The number of aromatic hydroxyl groups is 1. The van der Waals surface area contributed by atoms with Crippen molar-refractivity contribution < 1.29 is 19.4 Å². The first-order chi connectivity index (χ1) is 11.4. The molecule has 2 atom stereocenters. The van der Waals surface area contributed by atoms with Crippen molar-refractivity contribution in [3.63, 3.8) is 0 Å². The van der Waals surface area contributed by atoms with Gasteiger partial charge in [0, 0.05) is 4.47 Å². The van der Waals surface area contributed by atoms with Gasteiger partial charge in [-0.3, -0.25) is 4.79 Å². The Morgan fingerprint density at radius 2 is 1.79 bits per heavy atom. The molecule has 0 aromatic heterocycles. The van der Waals surface area contributed by atoms with E-state index in [1.165, 1.54) is 0 Å². The zero-order chi connectivity index (χ0) is 17.4. The quantitative estimate of drug-likeness (QED) is 0.368. The Morgan fingerprint density at radius 3 is 2.54 bits per heavy atom. The average molecular weight is 586 g/mol. The van der Waals surface area contributed by atoms with Crippen molar-refractivity contribution in [2.75, 3.05) is 6.79 Å². The van der Waals surface area contributed by atoms with Crippen LogP contribution in [0.5, 0.6) is 17.2 Å². The summed E-state index contributed by atoms with van der Waals surface area (Å²) in [4.78, 5) is 11.9. The molecule has 0 aliphatic carbocycles. The fraction of sp³-hybridized carbons (Fsp3) is 0.188. The molecule has 0 spiro atoms. The van der Waals surface area contributed by atoms with E-state index in [1.54, 1.807) is 12.1 Å². The molecule has 0 bridgehead atoms. The van der Waals surface area contributed by atoms with E-state index in [0.717, 1.165) is 5.56 Å². The fourth-order valence-corrected chi connectivity index (χ4v) is 4.59. The minimum absolute atomic E-state index is 0.0852. The molecule has 0 fully saturated rings. The number of alkyl halides is 2. The van der Waals surface area contributed by atoms with Gasteiger partial charge in [-0.05, 0) is 45.8 Å². The minimum Gasteiger partial charge on any atom is -0.506 e. The Balaban J connectivity index is 1.88. The zero-order valence-electron chi connectivity index (χ0n) is 11.9. The predicted molar refractivity (Wildman–Crippen MR) is 105 cm³/mol. The number of phenols is 1. The van der Waals surface area contributed by atoms with Crippen LogP contribution < -0.4 is 9.47 Å². The number of phenolic OH excluding ortho intramolecular Hbond substituents is 1. The van der Waals surface area contributed by atoms with Gasteiger partial charge in [-0.1, -0.05) is 53.9 Å². The number of fused-ring (bicyclic) bond motifs is 1. The van der Waals surface area contributed by atoms with E-state index in [4.69, 9.17) is 9.47 Å². The molecule has 4 nitrogen and oxygen atoms in total. The van der Waals surface area contributed by atoms with Gasteiger partial charge in [-0.15, -0.1) is 0 Å². The molecule has 1 N–H and O–H groups in total. The second kappa shape index (κ2) is 7.35. The number of carbonyl (C=O) groups excluding carboxylic acids is 1. The first-order valence-corrected chi connectivity index (χ1v) is 10.2. The number of ketones is 1. The van der Waals surface area contributed by atoms with Crippen molar-refractivity contribution in [3.8, 4) is 17.2 Å². The minimum atomic E-state index is -0.579. The Bertz CT molecular complexity index is 809. The van der Waals surface area contributed by atoms with E-state index in [2.05, 4.69) is 63.7 Å². The standard InChI is InChI=1S/C16H10Br4O4/c17-8-4-9(15(21)10(18)5-8)16(22)14(20)13(19)7-1-2-11-12(3-7)24-6-23-11/h1-5,13-14,21H,6H2. The van der Waals surface area contributed by atoms with E-state index in [9.17, 15) is 9.90 Å². The highest BCUT2D eigenvalue weighted by atomic mass is 79.9. The van der Waals surface area contributed by atoms with E-state index in [1.807, 2.05) is 18.2 Å². The Morgan fingerprint density at radius 1 is 1.08 bits per heavy atom. The second-order valence-electron chi connectivity index (χ2n) is 5.06. The SMILES string of the molecule is O=C(c1cc(Br)cc(Br)c1O)C(Br)C(Br)c1ccc2c(c1)OCO2. The zero-order valence-corrected chi connectivity index (χ0v) is 18.3. The highest BCUT2D eigenvalue weighted by Gasteiger charge is 2.29. The molecule has 126 valence electrons. The second-order valence-corrected chi connectivity index (χ2v) is 8.81. The van der Waals surface area contributed by atoms with Gasteiger partial charge in [-0.2, -0.15) is 0 Å². The normalized spacial score (nSPS) is 15.2. The molecule has 0 amide bonds. The summed E-state index contributed by atoms with van der Waals surface area (Å²) in [6, 6.07) is 8.78. The monoisotopic (exact) mass is 582 g/mol. The Hall–Kier alpha value is -0.570. The van der Waals surface area contributed by atoms with Gasteiger partial charge in [0.25, 0.3) is 0 Å². The summed E-state index contributed by atoms with van der Waals surface area (Å²) in [6.45, 7) is 0.197. The molecule has 2 unspecified atom stereocenters. The molecule has 3 rings (SSSR count). The lowest BCUT2D eigenvalue weighted by Gasteiger charge is -2.18. The van der Waals surface area contributed by atoms with Crippen molar-refractivity contribution in [2.24, 2.45) is 0 Å². The van der Waals surface area contributed by atoms with Gasteiger partial charge in [0.05, 0.1) is 19.7 Å². The lowest BCUT2D eigenvalue weighted by molar-refractivity contribution is 0.0988. The molecule has 2 aromatic rings. The van der Waals surface area contributed by atoms with Gasteiger partial charge < -0.3 is 14.6 Å². The number of Topliss-reactive ketones (excluding diaryl/α,β-unsaturated/α-hetero) is 1. The number of benzene rings is 2. The highest BCUT2D eigenvalue weighted by Crippen LogP contribution is 2.41. The molecule has 8 heteroatoms. The number of rotatable bonds is 4. The molecule has 0 saturated carbocycles. The van der Waals surface area contributed by atoms with E-state index in [-0.39, 0.29) is 28.7 Å². The van der Waals surface area contributed by atoms with Crippen LogP contribution >= 0.6 is 63.7 Å². The lowest BCUT2D eigenvalue weighted by Crippen LogP contribution is -2.19. The maximum atomic E-state index is 12.8. The van der Waals surface area contributed by atoms with Crippen LogP contribution in [0.4, 0.5) is 0 Å². The van der Waals surface area contributed by atoms with Crippen LogP contribution in [0.3, 0.4) is 0 Å². The number of hydrogen-bond acceptors (Lipinski definition) is 4. The van der Waals surface area contributed by atoms with Gasteiger partial charge in [0.15, 0.2) is 17.3 Å². The lowest BCUT2D eigenvalue weighted by atomic mass is 10.0. The fourth-order valence-electron chi connectivity index (χ4n) is 2.29. The average Bonchev–Trinajstić information content (AvgIpc) is 3.03. The van der Waals surface area contributed by atoms with Gasteiger partial charge in [0.2, 0.25) is 6.79 Å². The summed E-state index contributed by atoms with van der Waals surface area (Å²) in [6.07, 6.45) is 0. The molecule has 1 aliphatic rings. The van der Waals surface area contributed by atoms with Gasteiger partial charge >= 0.3 is 0 Å². The summed E-state index contributed by atoms with van der Waals surface area (Å²) in [5.41, 5.74) is 1.09. The largest absolute Gasteiger partial charge is 0.506 e. The smallest absolute Gasteiger partial charge is 0.231 e. The highest BCUT2D eigenvalue weighted by molar-refractivity contribution is 9.12. The first kappa shape index (κ1) is 18.2. The van der Waals surface area contributed by atoms with Crippen LogP contribution in [-0.4, -0.2) is 22.5 Å². The van der Waals surface area contributed by atoms with Crippen LogP contribution in [0.25, 0.3) is 0 Å². The van der Waals surface area contributed by atoms with E-state index >= 15 is 0 Å². The molecule has 1 aliphatic heterocycles. The Kier molecular flexibility index (Phi) is 5.58. The topological polar surface area (TPSA) is 55.8 Å². The maximum absolute atomic E-state index is 12.8. The third-order valence-corrected chi connectivity index (χ3v) is 7.29. The molecular weight excluding hydrogens is 576 g/mol. The van der Waals surface area contributed by atoms with Crippen molar-refractivity contribution in [3.05, 3.63) is 50.4 Å². The van der Waals surface area contributed by atoms with E-state index < -0.39 is 4.83 Å². The predicted octanol–water partition coefficient (Wildman–Crippen LogP) is 5.73. The Labute approximate surface area is 172 Å². The summed E-state index contributed by atoms with van der Waals surface area (Å²) in [5, 5.41) is 10.2. The van der Waals surface area contributed by atoms with Gasteiger partial charge in [-0.25, -0.2) is 0 Å². The molecule has 2 aromatic carbocycles. The number of halogens is 4. The first-order valence-electron chi connectivity index (χ1n) is 6.78. The summed E-state index contributed by atoms with van der Waals surface area (Å²) in [5.74, 6) is 1.01. The van der Waals surface area contributed by atoms with Crippen LogP contribution in [0.15, 0.2) is 39.3 Å². The van der Waals surface area contributed by atoms with Crippen molar-refractivity contribution >= 4 is 69.5 Å². The van der Waals surface area contributed by atoms with Crippen molar-refractivity contribution in [1.29, 1.82) is 0 Å². The van der Waals surface area contributed by atoms with Gasteiger partial charge in [0.1, 0.15) is 5.75 Å². The summed E-state index contributed by atoms with van der Waals surface area (Å²) < 4.78 is 11.8. The van der Waals surface area contributed by atoms with Crippen molar-refractivity contribution in [2.45, 2.75) is 9.65 Å².